The first kappa shape index (κ1) is 17.3. The summed E-state index contributed by atoms with van der Waals surface area (Å²) in [7, 11) is 0. The van der Waals surface area contributed by atoms with Gasteiger partial charge in [0, 0.05) is 19.5 Å². The summed E-state index contributed by atoms with van der Waals surface area (Å²) < 4.78 is 43.9. The van der Waals surface area contributed by atoms with Crippen LogP contribution in [0.25, 0.3) is 0 Å². The highest BCUT2D eigenvalue weighted by Crippen LogP contribution is 2.45. The highest BCUT2D eigenvalue weighted by atomic mass is 19.4. The molecule has 1 aromatic carbocycles. The van der Waals surface area contributed by atoms with Crippen molar-refractivity contribution in [1.82, 2.24) is 9.80 Å². The minimum atomic E-state index is -4.39. The summed E-state index contributed by atoms with van der Waals surface area (Å²) >= 11 is 0. The van der Waals surface area contributed by atoms with Gasteiger partial charge >= 0.3 is 6.18 Å². The number of halogens is 3. The first-order valence-electron chi connectivity index (χ1n) is 8.71. The number of hydrogen-bond donors (Lipinski definition) is 0. The van der Waals surface area contributed by atoms with Crippen molar-refractivity contribution < 1.29 is 27.5 Å². The molecule has 4 rings (SSSR count). The first-order valence-corrected chi connectivity index (χ1v) is 8.71. The van der Waals surface area contributed by atoms with Gasteiger partial charge in [0.25, 0.3) is 0 Å². The Labute approximate surface area is 148 Å². The zero-order chi connectivity index (χ0) is 18.5. The fraction of sp³-hybridized carbons (Fsp3) is 0.556. The molecular weight excluding hydrogens is 349 g/mol. The zero-order valence-corrected chi connectivity index (χ0v) is 14.1. The van der Waals surface area contributed by atoms with Gasteiger partial charge in [0.1, 0.15) is 0 Å². The number of amides is 2. The average Bonchev–Trinajstić information content (AvgIpc) is 3.07. The molecule has 26 heavy (non-hydrogen) atoms. The maximum atomic E-state index is 12.7. The van der Waals surface area contributed by atoms with Gasteiger partial charge in [0.05, 0.1) is 31.1 Å². The van der Waals surface area contributed by atoms with E-state index in [-0.39, 0.29) is 30.7 Å². The highest BCUT2D eigenvalue weighted by Gasteiger charge is 2.61. The molecule has 0 bridgehead atoms. The van der Waals surface area contributed by atoms with Gasteiger partial charge < -0.3 is 14.5 Å². The quantitative estimate of drug-likeness (QED) is 0.804. The molecule has 3 fully saturated rings. The Balaban J connectivity index is 1.48. The molecule has 0 radical (unpaired) electrons. The van der Waals surface area contributed by atoms with Crippen LogP contribution in [0.15, 0.2) is 24.3 Å². The minimum Gasteiger partial charge on any atom is -0.353 e. The molecule has 2 atom stereocenters. The summed E-state index contributed by atoms with van der Waals surface area (Å²) in [5.41, 5.74) is -0.915. The smallest absolute Gasteiger partial charge is 0.353 e. The Morgan fingerprint density at radius 2 is 1.96 bits per heavy atom. The van der Waals surface area contributed by atoms with E-state index in [0.717, 1.165) is 18.6 Å². The maximum absolute atomic E-state index is 12.7. The fourth-order valence-electron chi connectivity index (χ4n) is 4.34. The minimum absolute atomic E-state index is 0.00160. The summed E-state index contributed by atoms with van der Waals surface area (Å²) in [6, 6.07) is 4.32. The molecule has 3 aliphatic heterocycles. The average molecular weight is 368 g/mol. The van der Waals surface area contributed by atoms with Crippen LogP contribution in [0.5, 0.6) is 0 Å². The van der Waals surface area contributed by atoms with Crippen molar-refractivity contribution >= 4 is 11.8 Å². The zero-order valence-electron chi connectivity index (χ0n) is 14.1. The molecule has 8 heteroatoms. The van der Waals surface area contributed by atoms with Gasteiger partial charge in [-0.05, 0) is 24.1 Å². The van der Waals surface area contributed by atoms with Crippen LogP contribution in [0.2, 0.25) is 0 Å². The lowest BCUT2D eigenvalue weighted by atomic mass is 10.0. The lowest BCUT2D eigenvalue weighted by Gasteiger charge is -2.42. The Morgan fingerprint density at radius 3 is 2.65 bits per heavy atom. The van der Waals surface area contributed by atoms with E-state index in [9.17, 15) is 22.8 Å². The summed E-state index contributed by atoms with van der Waals surface area (Å²) in [5, 5.41) is 0. The fourth-order valence-corrected chi connectivity index (χ4v) is 4.34. The van der Waals surface area contributed by atoms with E-state index in [0.29, 0.717) is 31.7 Å². The van der Waals surface area contributed by atoms with Crippen LogP contribution in [0, 0.1) is 0 Å². The summed E-state index contributed by atoms with van der Waals surface area (Å²) in [6.45, 7) is 1.71. The van der Waals surface area contributed by atoms with Crippen molar-refractivity contribution in [1.29, 1.82) is 0 Å². The number of hydrogen-bond acceptors (Lipinski definition) is 3. The lowest BCUT2D eigenvalue weighted by Crippen LogP contribution is -2.56. The molecule has 0 aliphatic carbocycles. The van der Waals surface area contributed by atoms with Gasteiger partial charge in [0.2, 0.25) is 11.8 Å². The summed E-state index contributed by atoms with van der Waals surface area (Å²) in [5.74, 6) is -0.183. The number of carbonyl (C=O) groups excluding carboxylic acids is 2. The molecule has 1 aromatic rings. The topological polar surface area (TPSA) is 49.9 Å². The van der Waals surface area contributed by atoms with Crippen molar-refractivity contribution in [2.24, 2.45) is 0 Å². The third kappa shape index (κ3) is 2.67. The van der Waals surface area contributed by atoms with Crippen LogP contribution in [-0.2, 0) is 26.9 Å². The molecule has 0 saturated carbocycles. The van der Waals surface area contributed by atoms with Crippen molar-refractivity contribution in [3.63, 3.8) is 0 Å². The van der Waals surface area contributed by atoms with Gasteiger partial charge in [-0.3, -0.25) is 9.59 Å². The van der Waals surface area contributed by atoms with Gasteiger partial charge in [0.15, 0.2) is 5.72 Å². The predicted molar refractivity (Wildman–Crippen MR) is 84.9 cm³/mol. The highest BCUT2D eigenvalue weighted by molar-refractivity contribution is 5.85. The van der Waals surface area contributed by atoms with E-state index in [2.05, 4.69) is 0 Å². The van der Waals surface area contributed by atoms with E-state index in [1.165, 1.54) is 12.1 Å². The largest absolute Gasteiger partial charge is 0.416 e. The van der Waals surface area contributed by atoms with Gasteiger partial charge in [-0.15, -0.1) is 0 Å². The van der Waals surface area contributed by atoms with Crippen molar-refractivity contribution in [3.05, 3.63) is 35.4 Å². The van der Waals surface area contributed by atoms with Crippen molar-refractivity contribution in [2.45, 2.75) is 43.6 Å². The summed E-state index contributed by atoms with van der Waals surface area (Å²) in [4.78, 5) is 28.4. The third-order valence-electron chi connectivity index (χ3n) is 5.57. The number of nitrogens with zero attached hydrogens (tertiary/aromatic N) is 2. The normalized spacial score (nSPS) is 28.3. The number of ether oxygens (including phenoxy) is 1. The molecule has 3 heterocycles. The number of alkyl halides is 3. The van der Waals surface area contributed by atoms with Gasteiger partial charge in [-0.1, -0.05) is 12.1 Å². The standard InChI is InChI=1S/C18H19F3N2O3/c19-18(20,21)13-4-2-12(3-5-13)10-15(24)22-8-6-17-14(22)11-16(25)23(17)7-1-9-26-17/h2-5,14H,1,6-11H2/t14-,17+/m1/s1. The summed E-state index contributed by atoms with van der Waals surface area (Å²) in [6.07, 6.45) is -2.75. The molecule has 2 amide bonds. The van der Waals surface area contributed by atoms with E-state index in [4.69, 9.17) is 4.74 Å². The van der Waals surface area contributed by atoms with Crippen LogP contribution < -0.4 is 0 Å². The van der Waals surface area contributed by atoms with Crippen molar-refractivity contribution in [2.75, 3.05) is 19.7 Å². The van der Waals surface area contributed by atoms with Crippen LogP contribution >= 0.6 is 0 Å². The Kier molecular flexibility index (Phi) is 3.98. The molecule has 0 aromatic heterocycles. The van der Waals surface area contributed by atoms with Crippen LogP contribution in [0.4, 0.5) is 13.2 Å². The second-order valence-corrected chi connectivity index (χ2v) is 7.02. The molecule has 1 spiro atoms. The van der Waals surface area contributed by atoms with Crippen LogP contribution in [0.3, 0.4) is 0 Å². The molecular formula is C18H19F3N2O3. The molecule has 0 unspecified atom stereocenters. The van der Waals surface area contributed by atoms with E-state index >= 15 is 0 Å². The number of carbonyl (C=O) groups is 2. The molecule has 140 valence electrons. The molecule has 0 N–H and O–H groups in total. The monoisotopic (exact) mass is 368 g/mol. The number of rotatable bonds is 2. The molecule has 3 aliphatic rings. The Morgan fingerprint density at radius 1 is 1.23 bits per heavy atom. The van der Waals surface area contributed by atoms with E-state index in [1.54, 1.807) is 9.80 Å². The van der Waals surface area contributed by atoms with Gasteiger partial charge in [-0.2, -0.15) is 13.2 Å². The second kappa shape index (κ2) is 5.97. The third-order valence-corrected chi connectivity index (χ3v) is 5.57. The maximum Gasteiger partial charge on any atom is 0.416 e. The number of likely N-dealkylation sites (tertiary alicyclic amines) is 1. The SMILES string of the molecule is O=C(Cc1ccc(C(F)(F)F)cc1)N1CC[C@@]23OCCCN2C(=O)C[C@@H]13. The van der Waals surface area contributed by atoms with E-state index < -0.39 is 17.5 Å². The Hall–Kier alpha value is -2.09. The molecule has 5 nitrogen and oxygen atoms in total. The van der Waals surface area contributed by atoms with E-state index in [1.807, 2.05) is 0 Å². The van der Waals surface area contributed by atoms with Crippen LogP contribution in [0.1, 0.15) is 30.4 Å². The first-order chi connectivity index (χ1) is 12.3. The molecule has 3 saturated heterocycles. The predicted octanol–water partition coefficient (Wildman–Crippen LogP) is 2.20. The van der Waals surface area contributed by atoms with Gasteiger partial charge in [-0.25, -0.2) is 0 Å². The van der Waals surface area contributed by atoms with Crippen LogP contribution in [-0.4, -0.2) is 53.1 Å². The van der Waals surface area contributed by atoms with Crippen molar-refractivity contribution in [3.8, 4) is 0 Å². The Bertz CT molecular complexity index is 734. The number of benzene rings is 1. The lowest BCUT2D eigenvalue weighted by molar-refractivity contribution is -0.181. The second-order valence-electron chi connectivity index (χ2n) is 7.02.